The van der Waals surface area contributed by atoms with Gasteiger partial charge in [-0.05, 0) is 48.4 Å². The van der Waals surface area contributed by atoms with Gasteiger partial charge in [0.15, 0.2) is 0 Å². The lowest BCUT2D eigenvalue weighted by Gasteiger charge is -2.16. The molecular formula is C27H26N2O5. The van der Waals surface area contributed by atoms with E-state index < -0.39 is 11.8 Å². The van der Waals surface area contributed by atoms with Gasteiger partial charge >= 0.3 is 0 Å². The highest BCUT2D eigenvalue weighted by Gasteiger charge is 2.40. The first-order valence-corrected chi connectivity index (χ1v) is 11.0. The Bertz CT molecular complexity index is 1230. The van der Waals surface area contributed by atoms with Gasteiger partial charge in [-0.2, -0.15) is 0 Å². The molecule has 0 bridgehead atoms. The van der Waals surface area contributed by atoms with Crippen molar-refractivity contribution in [3.8, 4) is 17.2 Å². The van der Waals surface area contributed by atoms with Crippen molar-refractivity contribution in [2.45, 2.75) is 13.3 Å². The molecule has 0 aliphatic carbocycles. The zero-order valence-corrected chi connectivity index (χ0v) is 19.3. The molecule has 1 N–H and O–H groups in total. The Kier molecular flexibility index (Phi) is 6.82. The van der Waals surface area contributed by atoms with E-state index in [0.717, 1.165) is 11.3 Å². The molecule has 1 heterocycles. The molecule has 0 spiro atoms. The second-order valence-corrected chi connectivity index (χ2v) is 7.63. The molecule has 0 aromatic heterocycles. The van der Waals surface area contributed by atoms with E-state index in [2.05, 4.69) is 5.32 Å². The lowest BCUT2D eigenvalue weighted by molar-refractivity contribution is -0.120. The molecule has 0 unspecified atom stereocenters. The van der Waals surface area contributed by atoms with Crippen LogP contribution in [0.15, 0.2) is 78.5 Å². The number of carbonyl (C=O) groups excluding carboxylic acids is 2. The van der Waals surface area contributed by atoms with Crippen LogP contribution in [0.25, 0.3) is 5.57 Å². The standard InChI is InChI=1S/C27H26N2O5/c1-4-15-34-23-10-5-7-19(16-23)28-25-24(18-11-13-21(32-2)14-12-18)26(30)29(27(25)31)20-8-6-9-22(17-20)33-3/h5-14,16-17,28H,4,15H2,1-3H3. The number of hydrogen-bond acceptors (Lipinski definition) is 6. The van der Waals surface area contributed by atoms with E-state index in [9.17, 15) is 9.59 Å². The maximum atomic E-state index is 13.6. The summed E-state index contributed by atoms with van der Waals surface area (Å²) in [6.45, 7) is 2.62. The van der Waals surface area contributed by atoms with E-state index in [-0.39, 0.29) is 11.3 Å². The van der Waals surface area contributed by atoms with Gasteiger partial charge in [0.1, 0.15) is 22.9 Å². The number of rotatable bonds is 9. The molecule has 7 heteroatoms. The van der Waals surface area contributed by atoms with Crippen molar-refractivity contribution >= 4 is 28.8 Å². The van der Waals surface area contributed by atoms with Gasteiger partial charge in [0.2, 0.25) is 0 Å². The lowest BCUT2D eigenvalue weighted by atomic mass is 10.0. The largest absolute Gasteiger partial charge is 0.497 e. The minimum atomic E-state index is -0.455. The molecule has 7 nitrogen and oxygen atoms in total. The Morgan fingerprint density at radius 1 is 0.794 bits per heavy atom. The number of nitrogens with one attached hydrogen (secondary N) is 1. The fourth-order valence-electron chi connectivity index (χ4n) is 3.68. The molecule has 1 aliphatic rings. The normalized spacial score (nSPS) is 13.3. The minimum Gasteiger partial charge on any atom is -0.497 e. The van der Waals surface area contributed by atoms with E-state index in [1.165, 1.54) is 7.11 Å². The summed E-state index contributed by atoms with van der Waals surface area (Å²) < 4.78 is 16.2. The summed E-state index contributed by atoms with van der Waals surface area (Å²) in [5, 5.41) is 3.17. The first-order valence-electron chi connectivity index (χ1n) is 11.0. The number of benzene rings is 3. The average molecular weight is 459 g/mol. The zero-order valence-electron chi connectivity index (χ0n) is 19.3. The quantitative estimate of drug-likeness (QED) is 0.460. The summed E-state index contributed by atoms with van der Waals surface area (Å²) in [6, 6.07) is 21.2. The average Bonchev–Trinajstić information content (AvgIpc) is 3.12. The van der Waals surface area contributed by atoms with E-state index in [1.54, 1.807) is 61.7 Å². The molecule has 4 rings (SSSR count). The summed E-state index contributed by atoms with van der Waals surface area (Å²) in [4.78, 5) is 28.3. The molecule has 0 saturated carbocycles. The van der Waals surface area contributed by atoms with Gasteiger partial charge in [0.25, 0.3) is 11.8 Å². The van der Waals surface area contributed by atoms with Crippen molar-refractivity contribution in [1.29, 1.82) is 0 Å². The molecule has 1 aliphatic heterocycles. The summed E-state index contributed by atoms with van der Waals surface area (Å²) in [5.74, 6) is 1.00. The van der Waals surface area contributed by atoms with E-state index in [0.29, 0.717) is 40.8 Å². The number of hydrogen-bond donors (Lipinski definition) is 1. The molecule has 174 valence electrons. The number of anilines is 2. The summed E-state index contributed by atoms with van der Waals surface area (Å²) in [6.07, 6.45) is 0.882. The summed E-state index contributed by atoms with van der Waals surface area (Å²) in [5.41, 5.74) is 2.13. The molecule has 0 atom stereocenters. The van der Waals surface area contributed by atoms with Gasteiger partial charge in [0.05, 0.1) is 32.1 Å². The minimum absolute atomic E-state index is 0.186. The van der Waals surface area contributed by atoms with E-state index in [4.69, 9.17) is 14.2 Å². The summed E-state index contributed by atoms with van der Waals surface area (Å²) >= 11 is 0. The van der Waals surface area contributed by atoms with Crippen LogP contribution in [0.4, 0.5) is 11.4 Å². The van der Waals surface area contributed by atoms with Crippen molar-refractivity contribution in [2.24, 2.45) is 0 Å². The molecule has 2 amide bonds. The Morgan fingerprint density at radius 3 is 2.21 bits per heavy atom. The monoisotopic (exact) mass is 458 g/mol. The topological polar surface area (TPSA) is 77.1 Å². The van der Waals surface area contributed by atoms with Gasteiger partial charge < -0.3 is 19.5 Å². The number of methoxy groups -OCH3 is 2. The van der Waals surface area contributed by atoms with Crippen LogP contribution in [0.1, 0.15) is 18.9 Å². The van der Waals surface area contributed by atoms with Crippen LogP contribution >= 0.6 is 0 Å². The fraction of sp³-hybridized carbons (Fsp3) is 0.185. The molecule has 0 fully saturated rings. The van der Waals surface area contributed by atoms with Crippen molar-refractivity contribution < 1.29 is 23.8 Å². The molecule has 0 saturated heterocycles. The maximum absolute atomic E-state index is 13.6. The van der Waals surface area contributed by atoms with Crippen LogP contribution in [0.5, 0.6) is 17.2 Å². The van der Waals surface area contributed by atoms with Crippen molar-refractivity contribution in [3.05, 3.63) is 84.1 Å². The number of nitrogens with zero attached hydrogens (tertiary/aromatic N) is 1. The third-order valence-electron chi connectivity index (χ3n) is 5.35. The Labute approximate surface area is 198 Å². The van der Waals surface area contributed by atoms with Gasteiger partial charge in [0, 0.05) is 17.8 Å². The Hall–Kier alpha value is -4.26. The first-order chi connectivity index (χ1) is 16.5. The van der Waals surface area contributed by atoms with Crippen LogP contribution < -0.4 is 24.4 Å². The smallest absolute Gasteiger partial charge is 0.282 e. The number of carbonyl (C=O) groups is 2. The first kappa shape index (κ1) is 22.9. The van der Waals surface area contributed by atoms with Crippen LogP contribution in [0.3, 0.4) is 0 Å². The molecule has 34 heavy (non-hydrogen) atoms. The summed E-state index contributed by atoms with van der Waals surface area (Å²) in [7, 11) is 3.11. The zero-order chi connectivity index (χ0) is 24.1. The van der Waals surface area contributed by atoms with Gasteiger partial charge in [-0.25, -0.2) is 4.90 Å². The predicted octanol–water partition coefficient (Wildman–Crippen LogP) is 4.89. The SMILES string of the molecule is CCCOc1cccc(NC2=C(c3ccc(OC)cc3)C(=O)N(c3cccc(OC)c3)C2=O)c1. The number of imide groups is 1. The third kappa shape index (κ3) is 4.59. The second kappa shape index (κ2) is 10.1. The Morgan fingerprint density at radius 2 is 1.50 bits per heavy atom. The highest BCUT2D eigenvalue weighted by molar-refractivity contribution is 6.46. The maximum Gasteiger partial charge on any atom is 0.282 e. The van der Waals surface area contributed by atoms with Gasteiger partial charge in [-0.3, -0.25) is 9.59 Å². The molecule has 0 radical (unpaired) electrons. The fourth-order valence-corrected chi connectivity index (χ4v) is 3.68. The molecule has 3 aromatic carbocycles. The predicted molar refractivity (Wildman–Crippen MR) is 131 cm³/mol. The van der Waals surface area contributed by atoms with Crippen molar-refractivity contribution in [2.75, 3.05) is 31.0 Å². The van der Waals surface area contributed by atoms with Gasteiger partial charge in [-0.1, -0.05) is 31.2 Å². The molecule has 3 aromatic rings. The lowest BCUT2D eigenvalue weighted by Crippen LogP contribution is -2.32. The van der Waals surface area contributed by atoms with E-state index >= 15 is 0 Å². The second-order valence-electron chi connectivity index (χ2n) is 7.63. The van der Waals surface area contributed by atoms with Crippen LogP contribution in [0.2, 0.25) is 0 Å². The van der Waals surface area contributed by atoms with Gasteiger partial charge in [-0.15, -0.1) is 0 Å². The highest BCUT2D eigenvalue weighted by atomic mass is 16.5. The third-order valence-corrected chi connectivity index (χ3v) is 5.35. The highest BCUT2D eigenvalue weighted by Crippen LogP contribution is 2.35. The van der Waals surface area contributed by atoms with E-state index in [1.807, 2.05) is 25.1 Å². The Balaban J connectivity index is 1.76. The van der Waals surface area contributed by atoms with Crippen molar-refractivity contribution in [1.82, 2.24) is 0 Å². The van der Waals surface area contributed by atoms with Crippen LogP contribution in [-0.2, 0) is 9.59 Å². The number of amides is 2. The molecular weight excluding hydrogens is 432 g/mol. The number of ether oxygens (including phenoxy) is 3. The van der Waals surface area contributed by atoms with Crippen LogP contribution in [0, 0.1) is 0 Å². The van der Waals surface area contributed by atoms with Crippen LogP contribution in [-0.4, -0.2) is 32.6 Å². The van der Waals surface area contributed by atoms with Crippen molar-refractivity contribution in [3.63, 3.8) is 0 Å².